The second kappa shape index (κ2) is 5.87. The number of hydrogen-bond donors (Lipinski definition) is 2. The number of esters is 1. The third-order valence-corrected chi connectivity index (χ3v) is 3.85. The van der Waals surface area contributed by atoms with E-state index in [2.05, 4.69) is 12.2 Å². The zero-order chi connectivity index (χ0) is 13.1. The van der Waals surface area contributed by atoms with Gasteiger partial charge in [0.15, 0.2) is 0 Å². The standard InChI is InChI=1S/C12H24BNO3/c1-5-9-7-10(14-13(4)16)8-12(9,3)11(15)17-6-2/h9-10,14,16H,5-8H2,1-4H3/t9-,10?,12-/m0/s1. The topological polar surface area (TPSA) is 58.6 Å². The van der Waals surface area contributed by atoms with E-state index in [1.54, 1.807) is 6.82 Å². The van der Waals surface area contributed by atoms with Crippen LogP contribution in [0.3, 0.4) is 0 Å². The molecule has 1 aliphatic rings. The van der Waals surface area contributed by atoms with Gasteiger partial charge in [-0.15, -0.1) is 0 Å². The number of hydrogen-bond acceptors (Lipinski definition) is 4. The van der Waals surface area contributed by atoms with E-state index < -0.39 is 12.5 Å². The first-order valence-electron chi connectivity index (χ1n) is 6.55. The summed E-state index contributed by atoms with van der Waals surface area (Å²) in [5, 5.41) is 12.5. The van der Waals surface area contributed by atoms with Crippen LogP contribution in [-0.2, 0) is 9.53 Å². The van der Waals surface area contributed by atoms with Crippen LogP contribution in [0.1, 0.15) is 40.0 Å². The molecule has 4 nitrogen and oxygen atoms in total. The molecule has 17 heavy (non-hydrogen) atoms. The SMILES string of the molecule is CCOC(=O)[C@@]1(C)CC(NB(C)O)C[C@@H]1CC. The van der Waals surface area contributed by atoms with Crippen LogP contribution in [0.5, 0.6) is 0 Å². The fourth-order valence-corrected chi connectivity index (χ4v) is 3.00. The fraction of sp³-hybridized carbons (Fsp3) is 0.917. The molecule has 0 aromatic heterocycles. The first kappa shape index (κ1) is 14.5. The molecule has 1 rings (SSSR count). The molecule has 0 spiro atoms. The quantitative estimate of drug-likeness (QED) is 0.565. The minimum atomic E-state index is -0.526. The number of ether oxygens (including phenoxy) is 1. The monoisotopic (exact) mass is 241 g/mol. The molecule has 0 aliphatic heterocycles. The highest BCUT2D eigenvalue weighted by Gasteiger charge is 2.49. The lowest BCUT2D eigenvalue weighted by Crippen LogP contribution is -2.40. The Balaban J connectivity index is 2.73. The molecule has 98 valence electrons. The zero-order valence-corrected chi connectivity index (χ0v) is 11.3. The van der Waals surface area contributed by atoms with Gasteiger partial charge >= 0.3 is 13.0 Å². The van der Waals surface area contributed by atoms with Gasteiger partial charge in [-0.3, -0.25) is 4.79 Å². The summed E-state index contributed by atoms with van der Waals surface area (Å²) < 4.78 is 5.18. The maximum absolute atomic E-state index is 12.1. The molecule has 1 aliphatic carbocycles. The van der Waals surface area contributed by atoms with Gasteiger partial charge in [0.25, 0.3) is 0 Å². The van der Waals surface area contributed by atoms with Gasteiger partial charge in [-0.1, -0.05) is 13.3 Å². The molecule has 1 saturated carbocycles. The van der Waals surface area contributed by atoms with Crippen LogP contribution in [0.4, 0.5) is 0 Å². The molecule has 0 heterocycles. The van der Waals surface area contributed by atoms with Gasteiger partial charge in [0.2, 0.25) is 0 Å². The summed E-state index contributed by atoms with van der Waals surface area (Å²) >= 11 is 0. The van der Waals surface area contributed by atoms with Crippen LogP contribution < -0.4 is 5.23 Å². The Kier molecular flexibility index (Phi) is 5.01. The van der Waals surface area contributed by atoms with E-state index in [1.165, 1.54) is 0 Å². The Morgan fingerprint density at radius 2 is 2.24 bits per heavy atom. The van der Waals surface area contributed by atoms with Crippen molar-refractivity contribution in [3.63, 3.8) is 0 Å². The predicted octanol–water partition coefficient (Wildman–Crippen LogP) is 1.44. The lowest BCUT2D eigenvalue weighted by Gasteiger charge is -2.28. The molecular weight excluding hydrogens is 217 g/mol. The largest absolute Gasteiger partial charge is 0.466 e. The Labute approximate surface area is 104 Å². The van der Waals surface area contributed by atoms with Gasteiger partial charge in [0.1, 0.15) is 0 Å². The number of carbonyl (C=O) groups excluding carboxylic acids is 1. The summed E-state index contributed by atoms with van der Waals surface area (Å²) in [4.78, 5) is 12.1. The van der Waals surface area contributed by atoms with Gasteiger partial charge < -0.3 is 15.0 Å². The third kappa shape index (κ3) is 3.22. The van der Waals surface area contributed by atoms with E-state index in [4.69, 9.17) is 4.74 Å². The smallest absolute Gasteiger partial charge is 0.373 e. The van der Waals surface area contributed by atoms with E-state index >= 15 is 0 Å². The van der Waals surface area contributed by atoms with E-state index in [0.717, 1.165) is 19.3 Å². The summed E-state index contributed by atoms with van der Waals surface area (Å²) in [5.41, 5.74) is -0.405. The molecule has 5 heteroatoms. The Bertz CT molecular complexity index is 272. The van der Waals surface area contributed by atoms with Crippen molar-refractivity contribution in [1.29, 1.82) is 0 Å². The van der Waals surface area contributed by atoms with Crippen molar-refractivity contribution in [2.24, 2.45) is 11.3 Å². The molecule has 1 unspecified atom stereocenters. The number of carbonyl (C=O) groups is 1. The van der Waals surface area contributed by atoms with Crippen LogP contribution in [-0.4, -0.2) is 30.7 Å². The Morgan fingerprint density at radius 3 is 2.71 bits per heavy atom. The highest BCUT2D eigenvalue weighted by Crippen LogP contribution is 2.45. The molecule has 3 atom stereocenters. The average Bonchev–Trinajstić information content (AvgIpc) is 2.55. The molecule has 0 radical (unpaired) electrons. The summed E-state index contributed by atoms with van der Waals surface area (Å²) in [5.74, 6) is 0.236. The maximum atomic E-state index is 12.1. The minimum Gasteiger partial charge on any atom is -0.466 e. The van der Waals surface area contributed by atoms with Crippen molar-refractivity contribution in [3.05, 3.63) is 0 Å². The third-order valence-electron chi connectivity index (χ3n) is 3.85. The maximum Gasteiger partial charge on any atom is 0.373 e. The minimum absolute atomic E-state index is 0.0956. The van der Waals surface area contributed by atoms with Crippen molar-refractivity contribution < 1.29 is 14.6 Å². The molecular formula is C12H24BNO3. The van der Waals surface area contributed by atoms with Crippen LogP contribution in [0.15, 0.2) is 0 Å². The normalized spacial score (nSPS) is 32.5. The highest BCUT2D eigenvalue weighted by molar-refractivity contribution is 6.45. The van der Waals surface area contributed by atoms with Crippen molar-refractivity contribution >= 4 is 13.0 Å². The average molecular weight is 241 g/mol. The first-order chi connectivity index (χ1) is 7.93. The Hall–Kier alpha value is -0.545. The molecule has 0 saturated heterocycles. The molecule has 1 fully saturated rings. The van der Waals surface area contributed by atoms with E-state index in [1.807, 2.05) is 13.8 Å². The zero-order valence-electron chi connectivity index (χ0n) is 11.3. The van der Waals surface area contributed by atoms with E-state index in [9.17, 15) is 9.82 Å². The van der Waals surface area contributed by atoms with E-state index in [-0.39, 0.29) is 12.0 Å². The van der Waals surface area contributed by atoms with Crippen molar-refractivity contribution in [2.45, 2.75) is 52.9 Å². The van der Waals surface area contributed by atoms with Crippen molar-refractivity contribution in [2.75, 3.05) is 6.61 Å². The first-order valence-corrected chi connectivity index (χ1v) is 6.55. The second-order valence-electron chi connectivity index (χ2n) is 5.22. The Morgan fingerprint density at radius 1 is 1.59 bits per heavy atom. The van der Waals surface area contributed by atoms with Crippen LogP contribution in [0.2, 0.25) is 6.82 Å². The molecule has 0 bridgehead atoms. The van der Waals surface area contributed by atoms with Crippen LogP contribution in [0, 0.1) is 11.3 Å². The molecule has 2 N–H and O–H groups in total. The second-order valence-corrected chi connectivity index (χ2v) is 5.22. The van der Waals surface area contributed by atoms with Gasteiger partial charge in [0.05, 0.1) is 12.0 Å². The van der Waals surface area contributed by atoms with Crippen LogP contribution >= 0.6 is 0 Å². The summed E-state index contributed by atoms with van der Waals surface area (Å²) in [6, 6.07) is 0.203. The van der Waals surface area contributed by atoms with Gasteiger partial charge in [-0.05, 0) is 45.5 Å². The lowest BCUT2D eigenvalue weighted by molar-refractivity contribution is -0.156. The molecule has 0 aromatic rings. The lowest BCUT2D eigenvalue weighted by atomic mass is 9.78. The molecule has 0 amide bonds. The summed E-state index contributed by atoms with van der Waals surface area (Å²) in [6.07, 6.45) is 2.64. The van der Waals surface area contributed by atoms with Crippen molar-refractivity contribution in [1.82, 2.24) is 5.23 Å². The van der Waals surface area contributed by atoms with Gasteiger partial charge in [-0.2, -0.15) is 0 Å². The van der Waals surface area contributed by atoms with Gasteiger partial charge in [-0.25, -0.2) is 0 Å². The number of rotatable bonds is 5. The highest BCUT2D eigenvalue weighted by atomic mass is 16.5. The van der Waals surface area contributed by atoms with Crippen LogP contribution in [0.25, 0.3) is 0 Å². The summed E-state index contributed by atoms with van der Waals surface area (Å²) in [6.45, 7) is 8.07. The fourth-order valence-electron chi connectivity index (χ4n) is 3.00. The van der Waals surface area contributed by atoms with Crippen molar-refractivity contribution in [3.8, 4) is 0 Å². The number of nitrogens with one attached hydrogen (secondary N) is 1. The molecule has 0 aromatic carbocycles. The summed E-state index contributed by atoms with van der Waals surface area (Å²) in [7, 11) is -0.526. The van der Waals surface area contributed by atoms with Gasteiger partial charge in [0, 0.05) is 0 Å². The van der Waals surface area contributed by atoms with E-state index in [0.29, 0.717) is 12.5 Å². The predicted molar refractivity (Wildman–Crippen MR) is 68.5 cm³/mol.